The molecule has 0 fully saturated rings. The number of hydrogen-bond donors (Lipinski definition) is 1. The van der Waals surface area contributed by atoms with Crippen molar-refractivity contribution in [3.63, 3.8) is 0 Å². The number of hydrogen-bond acceptors (Lipinski definition) is 7. The Morgan fingerprint density at radius 2 is 1.24 bits per heavy atom. The molecule has 0 saturated carbocycles. The van der Waals surface area contributed by atoms with Crippen molar-refractivity contribution >= 4 is 26.3 Å². The molecule has 204 valence electrons. The van der Waals surface area contributed by atoms with Gasteiger partial charge in [-0.05, 0) is 12.5 Å². The van der Waals surface area contributed by atoms with E-state index in [0.29, 0.717) is 12.5 Å². The number of methoxy groups -OCH3 is 3. The van der Waals surface area contributed by atoms with Crippen LogP contribution >= 0.6 is 0 Å². The highest BCUT2D eigenvalue weighted by atomic mass is 32.2. The maximum atomic E-state index is 12.7. The number of rotatable bonds is 23. The van der Waals surface area contributed by atoms with Crippen molar-refractivity contribution in [3.05, 3.63) is 0 Å². The summed E-state index contributed by atoms with van der Waals surface area (Å²) in [5, 5.41) is -1.68. The fourth-order valence-corrected chi connectivity index (χ4v) is 5.76. The molecule has 0 heterocycles. The standard InChI is InChI=1S/C24H50O8SSi/c1-5-6-7-8-9-10-11-12-13-14-15-16-17-18-19-21(33(26,27)28)23(25)32-24(30-3,31-4)22(20-34)29-2/h21-22H,5-20H2,1-4,34H3,(H,26,27,28). The lowest BCUT2D eigenvalue weighted by Crippen LogP contribution is -2.52. The topological polar surface area (TPSA) is 108 Å². The predicted octanol–water partition coefficient (Wildman–Crippen LogP) is 4.40. The van der Waals surface area contributed by atoms with Crippen LogP contribution in [0.2, 0.25) is 6.04 Å². The third kappa shape index (κ3) is 13.5. The molecular weight excluding hydrogens is 476 g/mol. The molecule has 0 aliphatic carbocycles. The molecule has 8 nitrogen and oxygen atoms in total. The molecule has 0 aromatic rings. The van der Waals surface area contributed by atoms with Crippen LogP contribution in [0.15, 0.2) is 0 Å². The van der Waals surface area contributed by atoms with Crippen molar-refractivity contribution < 1.29 is 36.7 Å². The van der Waals surface area contributed by atoms with Crippen molar-refractivity contribution in [2.24, 2.45) is 0 Å². The molecule has 0 aliphatic rings. The zero-order valence-electron chi connectivity index (χ0n) is 22.2. The molecule has 1 N–H and O–H groups in total. The van der Waals surface area contributed by atoms with Gasteiger partial charge in [0.2, 0.25) is 0 Å². The first-order valence-corrected chi connectivity index (χ1v) is 16.0. The normalized spacial score (nSPS) is 14.3. The maximum absolute atomic E-state index is 12.7. The summed E-state index contributed by atoms with van der Waals surface area (Å²) < 4.78 is 54.4. The van der Waals surface area contributed by atoms with E-state index in [9.17, 15) is 17.8 Å². The van der Waals surface area contributed by atoms with E-state index in [4.69, 9.17) is 18.9 Å². The van der Waals surface area contributed by atoms with Crippen molar-refractivity contribution in [2.45, 2.75) is 127 Å². The molecular formula is C24H50O8SSi. The second-order valence-electron chi connectivity index (χ2n) is 8.95. The second kappa shape index (κ2) is 19.6. The Bertz CT molecular complexity index is 606. The molecule has 2 atom stereocenters. The van der Waals surface area contributed by atoms with Gasteiger partial charge < -0.3 is 18.9 Å². The van der Waals surface area contributed by atoms with Crippen LogP contribution in [0.3, 0.4) is 0 Å². The quantitative estimate of drug-likeness (QED) is 0.0686. The molecule has 0 amide bonds. The summed E-state index contributed by atoms with van der Waals surface area (Å²) >= 11 is 0. The number of carbonyl (C=O) groups is 1. The van der Waals surface area contributed by atoms with Gasteiger partial charge in [0.15, 0.2) is 5.25 Å². The fraction of sp³-hybridized carbons (Fsp3) is 0.958. The molecule has 0 saturated heterocycles. The van der Waals surface area contributed by atoms with Crippen LogP contribution in [0.25, 0.3) is 0 Å². The minimum Gasteiger partial charge on any atom is -0.404 e. The molecule has 0 aromatic heterocycles. The zero-order chi connectivity index (χ0) is 25.9. The van der Waals surface area contributed by atoms with Crippen LogP contribution in [0.1, 0.15) is 103 Å². The van der Waals surface area contributed by atoms with Crippen LogP contribution in [0.5, 0.6) is 0 Å². The van der Waals surface area contributed by atoms with E-state index in [2.05, 4.69) is 6.92 Å². The van der Waals surface area contributed by atoms with Crippen LogP contribution in [0.4, 0.5) is 0 Å². The smallest absolute Gasteiger partial charge is 0.356 e. The summed E-state index contributed by atoms with van der Waals surface area (Å²) in [6.07, 6.45) is 15.6. The average molecular weight is 527 g/mol. The lowest BCUT2D eigenvalue weighted by Gasteiger charge is -2.35. The first kappa shape index (κ1) is 33.5. The Hall–Kier alpha value is -0.523. The molecule has 0 aromatic carbocycles. The van der Waals surface area contributed by atoms with Gasteiger partial charge in [-0.25, -0.2) is 0 Å². The largest absolute Gasteiger partial charge is 0.404 e. The first-order valence-electron chi connectivity index (χ1n) is 13.0. The van der Waals surface area contributed by atoms with Gasteiger partial charge in [-0.15, -0.1) is 0 Å². The molecule has 2 unspecified atom stereocenters. The minimum absolute atomic E-state index is 0.0161. The number of carbonyl (C=O) groups excluding carboxylic acids is 1. The van der Waals surface area contributed by atoms with E-state index < -0.39 is 33.4 Å². The number of esters is 1. The molecule has 0 bridgehead atoms. The highest BCUT2D eigenvalue weighted by Gasteiger charge is 2.46. The van der Waals surface area contributed by atoms with Gasteiger partial charge in [0.1, 0.15) is 6.10 Å². The first-order chi connectivity index (χ1) is 16.2. The number of ether oxygens (including phenoxy) is 4. The summed E-state index contributed by atoms with van der Waals surface area (Å²) in [5.41, 5.74) is 0. The molecule has 0 radical (unpaired) electrons. The van der Waals surface area contributed by atoms with Gasteiger partial charge >= 0.3 is 11.9 Å². The third-order valence-electron chi connectivity index (χ3n) is 6.30. The van der Waals surface area contributed by atoms with Crippen LogP contribution in [-0.2, 0) is 33.9 Å². The molecule has 0 rings (SSSR count). The predicted molar refractivity (Wildman–Crippen MR) is 139 cm³/mol. The Balaban J connectivity index is 4.33. The zero-order valence-corrected chi connectivity index (χ0v) is 25.0. The van der Waals surface area contributed by atoms with Crippen molar-refractivity contribution in [1.82, 2.24) is 0 Å². The van der Waals surface area contributed by atoms with Crippen molar-refractivity contribution in [2.75, 3.05) is 21.3 Å². The van der Waals surface area contributed by atoms with Gasteiger partial charge in [0, 0.05) is 31.6 Å². The Morgan fingerprint density at radius 3 is 1.56 bits per heavy atom. The summed E-state index contributed by atoms with van der Waals surface area (Å²) in [7, 11) is 0.0948. The SMILES string of the molecule is CCCCCCCCCCCCCCCCC(C(=O)OC(OC)(OC)C(C[SiH3])OC)S(=O)(=O)O. The van der Waals surface area contributed by atoms with Crippen LogP contribution < -0.4 is 0 Å². The van der Waals surface area contributed by atoms with Gasteiger partial charge in [-0.2, -0.15) is 8.42 Å². The van der Waals surface area contributed by atoms with Gasteiger partial charge in [-0.1, -0.05) is 96.8 Å². The van der Waals surface area contributed by atoms with E-state index in [1.807, 2.05) is 0 Å². The monoisotopic (exact) mass is 526 g/mol. The second-order valence-corrected chi connectivity index (χ2v) is 11.4. The third-order valence-corrected chi connectivity index (χ3v) is 8.19. The Morgan fingerprint density at radius 1 is 0.824 bits per heavy atom. The van der Waals surface area contributed by atoms with Gasteiger partial charge in [0.05, 0.1) is 0 Å². The van der Waals surface area contributed by atoms with Gasteiger partial charge in [-0.3, -0.25) is 9.35 Å². The highest BCUT2D eigenvalue weighted by Crippen LogP contribution is 2.26. The van der Waals surface area contributed by atoms with E-state index in [1.54, 1.807) is 0 Å². The van der Waals surface area contributed by atoms with E-state index in [0.717, 1.165) is 29.5 Å². The lowest BCUT2D eigenvalue weighted by molar-refractivity contribution is -0.379. The minimum atomic E-state index is -4.63. The van der Waals surface area contributed by atoms with E-state index in [-0.39, 0.29) is 6.42 Å². The summed E-state index contributed by atoms with van der Waals surface area (Å²) in [4.78, 5) is 12.7. The number of unbranched alkanes of at least 4 members (excludes halogenated alkanes) is 13. The van der Waals surface area contributed by atoms with Crippen molar-refractivity contribution in [3.8, 4) is 0 Å². The summed E-state index contributed by atoms with van der Waals surface area (Å²) in [6, 6.07) is 0.529. The Labute approximate surface area is 211 Å². The molecule has 0 spiro atoms. The highest BCUT2D eigenvalue weighted by molar-refractivity contribution is 7.87. The maximum Gasteiger partial charge on any atom is 0.356 e. The van der Waals surface area contributed by atoms with Crippen LogP contribution in [0, 0.1) is 0 Å². The molecule has 34 heavy (non-hydrogen) atoms. The van der Waals surface area contributed by atoms with Gasteiger partial charge in [0.25, 0.3) is 10.1 Å². The van der Waals surface area contributed by atoms with Crippen molar-refractivity contribution in [1.29, 1.82) is 0 Å². The fourth-order valence-electron chi connectivity index (χ4n) is 4.17. The summed E-state index contributed by atoms with van der Waals surface area (Å²) in [6.45, 7) is 2.24. The summed E-state index contributed by atoms with van der Waals surface area (Å²) in [5.74, 6) is -2.95. The van der Waals surface area contributed by atoms with E-state index >= 15 is 0 Å². The average Bonchev–Trinajstić information content (AvgIpc) is 2.80. The lowest BCUT2D eigenvalue weighted by atomic mass is 10.0. The Kier molecular flexibility index (Phi) is 19.3. The molecule has 10 heteroatoms. The van der Waals surface area contributed by atoms with E-state index in [1.165, 1.54) is 85.5 Å². The van der Waals surface area contributed by atoms with Crippen LogP contribution in [-0.4, -0.2) is 67.8 Å². The molecule has 0 aliphatic heterocycles.